The number of hydrogen-bond donors (Lipinski definition) is 1. The Morgan fingerprint density at radius 3 is 2.50 bits per heavy atom. The zero-order valence-corrected chi connectivity index (χ0v) is 8.54. The SMILES string of the molecule is CNc1cccc(OC)n1.Cl.Cl. The molecule has 70 valence electrons. The zero-order valence-electron chi connectivity index (χ0n) is 6.90. The summed E-state index contributed by atoms with van der Waals surface area (Å²) in [6.07, 6.45) is 0. The molecule has 3 nitrogen and oxygen atoms in total. The highest BCUT2D eigenvalue weighted by molar-refractivity contribution is 5.85. The first-order chi connectivity index (χ1) is 4.86. The number of nitrogens with one attached hydrogen (secondary N) is 1. The molecule has 5 heteroatoms. The van der Waals surface area contributed by atoms with Gasteiger partial charge in [-0.2, -0.15) is 4.98 Å². The van der Waals surface area contributed by atoms with Crippen LogP contribution in [0.15, 0.2) is 18.2 Å². The predicted molar refractivity (Wildman–Crippen MR) is 54.8 cm³/mol. The fourth-order valence-electron chi connectivity index (χ4n) is 0.668. The largest absolute Gasteiger partial charge is 0.481 e. The number of rotatable bonds is 2. The minimum absolute atomic E-state index is 0. The summed E-state index contributed by atoms with van der Waals surface area (Å²) in [5.41, 5.74) is 0. The van der Waals surface area contributed by atoms with E-state index in [1.54, 1.807) is 13.2 Å². The Hall–Kier alpha value is -0.670. The smallest absolute Gasteiger partial charge is 0.214 e. The van der Waals surface area contributed by atoms with E-state index in [0.717, 1.165) is 5.82 Å². The van der Waals surface area contributed by atoms with Crippen molar-refractivity contribution >= 4 is 30.6 Å². The fourth-order valence-corrected chi connectivity index (χ4v) is 0.668. The molecule has 0 amide bonds. The molecular weight excluding hydrogens is 199 g/mol. The maximum absolute atomic E-state index is 4.91. The third kappa shape index (κ3) is 3.64. The van der Waals surface area contributed by atoms with E-state index in [9.17, 15) is 0 Å². The molecule has 1 aromatic heterocycles. The monoisotopic (exact) mass is 210 g/mol. The van der Waals surface area contributed by atoms with E-state index in [4.69, 9.17) is 4.74 Å². The van der Waals surface area contributed by atoms with Gasteiger partial charge in [0.1, 0.15) is 5.82 Å². The maximum Gasteiger partial charge on any atom is 0.214 e. The van der Waals surface area contributed by atoms with Crippen molar-refractivity contribution in [1.29, 1.82) is 0 Å². The van der Waals surface area contributed by atoms with Gasteiger partial charge in [-0.3, -0.25) is 0 Å². The van der Waals surface area contributed by atoms with Gasteiger partial charge in [-0.15, -0.1) is 24.8 Å². The van der Waals surface area contributed by atoms with Gasteiger partial charge in [0.25, 0.3) is 0 Å². The Kier molecular flexibility index (Phi) is 8.11. The summed E-state index contributed by atoms with van der Waals surface area (Å²) in [5.74, 6) is 1.45. The molecule has 0 saturated carbocycles. The molecule has 0 aliphatic rings. The number of nitrogens with zero attached hydrogens (tertiary/aromatic N) is 1. The van der Waals surface area contributed by atoms with Gasteiger partial charge in [0.2, 0.25) is 5.88 Å². The van der Waals surface area contributed by atoms with Crippen molar-refractivity contribution in [3.05, 3.63) is 18.2 Å². The lowest BCUT2D eigenvalue weighted by Gasteiger charge is -2.00. The van der Waals surface area contributed by atoms with E-state index in [2.05, 4.69) is 10.3 Å². The number of hydrogen-bond acceptors (Lipinski definition) is 3. The first-order valence-electron chi connectivity index (χ1n) is 3.05. The van der Waals surface area contributed by atoms with Gasteiger partial charge in [0, 0.05) is 13.1 Å². The molecule has 1 aromatic rings. The number of aromatic nitrogens is 1. The highest BCUT2D eigenvalue weighted by Crippen LogP contribution is 2.08. The van der Waals surface area contributed by atoms with E-state index < -0.39 is 0 Å². The number of ether oxygens (including phenoxy) is 1. The standard InChI is InChI=1S/C7H10N2O.2ClH/c1-8-6-4-3-5-7(9-6)10-2;;/h3-5H,1-2H3,(H,8,9);2*1H. The van der Waals surface area contributed by atoms with Crippen molar-refractivity contribution < 1.29 is 4.74 Å². The van der Waals surface area contributed by atoms with Crippen LogP contribution in [0, 0.1) is 0 Å². The molecule has 1 rings (SSSR count). The molecule has 1 N–H and O–H groups in total. The van der Waals surface area contributed by atoms with Gasteiger partial charge in [-0.25, -0.2) is 0 Å². The van der Waals surface area contributed by atoms with E-state index in [0.29, 0.717) is 5.88 Å². The molecule has 0 unspecified atom stereocenters. The van der Waals surface area contributed by atoms with E-state index in [-0.39, 0.29) is 24.8 Å². The van der Waals surface area contributed by atoms with Crippen LogP contribution in [0.2, 0.25) is 0 Å². The van der Waals surface area contributed by atoms with Crippen LogP contribution in [0.1, 0.15) is 0 Å². The van der Waals surface area contributed by atoms with E-state index in [1.165, 1.54) is 0 Å². The number of halogens is 2. The molecule has 0 saturated heterocycles. The molecular formula is C7H12Cl2N2O. The molecule has 12 heavy (non-hydrogen) atoms. The Balaban J connectivity index is 0. The Bertz CT molecular complexity index is 201. The van der Waals surface area contributed by atoms with Gasteiger partial charge >= 0.3 is 0 Å². The second kappa shape index (κ2) is 7.00. The lowest BCUT2D eigenvalue weighted by molar-refractivity contribution is 0.398. The number of methoxy groups -OCH3 is 1. The summed E-state index contributed by atoms with van der Waals surface area (Å²) in [5, 5.41) is 2.91. The van der Waals surface area contributed by atoms with Crippen molar-refractivity contribution in [2.45, 2.75) is 0 Å². The van der Waals surface area contributed by atoms with Gasteiger partial charge < -0.3 is 10.1 Å². The summed E-state index contributed by atoms with van der Waals surface area (Å²) in [7, 11) is 3.42. The zero-order chi connectivity index (χ0) is 7.40. The number of pyridine rings is 1. The quantitative estimate of drug-likeness (QED) is 0.811. The maximum atomic E-state index is 4.91. The molecule has 0 bridgehead atoms. The van der Waals surface area contributed by atoms with Gasteiger partial charge in [0.15, 0.2) is 0 Å². The third-order valence-electron chi connectivity index (χ3n) is 1.19. The number of anilines is 1. The molecule has 0 atom stereocenters. The Morgan fingerprint density at radius 2 is 2.00 bits per heavy atom. The third-order valence-corrected chi connectivity index (χ3v) is 1.19. The van der Waals surface area contributed by atoms with Crippen LogP contribution in [-0.2, 0) is 0 Å². The fraction of sp³-hybridized carbons (Fsp3) is 0.286. The highest BCUT2D eigenvalue weighted by Gasteiger charge is 1.91. The summed E-state index contributed by atoms with van der Waals surface area (Å²) in [4.78, 5) is 4.08. The Labute approximate surface area is 84.4 Å². The van der Waals surface area contributed by atoms with Crippen molar-refractivity contribution in [2.75, 3.05) is 19.5 Å². The van der Waals surface area contributed by atoms with Crippen LogP contribution >= 0.6 is 24.8 Å². The van der Waals surface area contributed by atoms with Crippen LogP contribution in [0.25, 0.3) is 0 Å². The molecule has 0 aromatic carbocycles. The molecule has 0 fully saturated rings. The molecule has 0 radical (unpaired) electrons. The van der Waals surface area contributed by atoms with Gasteiger partial charge in [-0.1, -0.05) is 6.07 Å². The van der Waals surface area contributed by atoms with Crippen LogP contribution < -0.4 is 10.1 Å². The lowest BCUT2D eigenvalue weighted by atomic mass is 10.4. The van der Waals surface area contributed by atoms with Crippen LogP contribution in [0.3, 0.4) is 0 Å². The predicted octanol–water partition coefficient (Wildman–Crippen LogP) is 1.98. The summed E-state index contributed by atoms with van der Waals surface area (Å²) in [6, 6.07) is 5.57. The summed E-state index contributed by atoms with van der Waals surface area (Å²) >= 11 is 0. The Morgan fingerprint density at radius 1 is 1.33 bits per heavy atom. The topological polar surface area (TPSA) is 34.1 Å². The molecule has 0 spiro atoms. The second-order valence-corrected chi connectivity index (χ2v) is 1.82. The van der Waals surface area contributed by atoms with Crippen LogP contribution in [-0.4, -0.2) is 19.1 Å². The highest BCUT2D eigenvalue weighted by atomic mass is 35.5. The average molecular weight is 211 g/mol. The first kappa shape index (κ1) is 13.9. The van der Waals surface area contributed by atoms with E-state index >= 15 is 0 Å². The summed E-state index contributed by atoms with van der Waals surface area (Å²) in [6.45, 7) is 0. The first-order valence-corrected chi connectivity index (χ1v) is 3.05. The lowest BCUT2D eigenvalue weighted by Crippen LogP contribution is -1.93. The molecule has 1 heterocycles. The minimum atomic E-state index is 0. The van der Waals surface area contributed by atoms with Gasteiger partial charge in [-0.05, 0) is 6.07 Å². The van der Waals surface area contributed by atoms with Crippen LogP contribution in [0.5, 0.6) is 5.88 Å². The van der Waals surface area contributed by atoms with Crippen LogP contribution in [0.4, 0.5) is 5.82 Å². The van der Waals surface area contributed by atoms with Crippen molar-refractivity contribution in [3.8, 4) is 5.88 Å². The molecule has 0 aliphatic heterocycles. The normalized spacial score (nSPS) is 7.50. The van der Waals surface area contributed by atoms with Crippen molar-refractivity contribution in [1.82, 2.24) is 4.98 Å². The van der Waals surface area contributed by atoms with E-state index in [1.807, 2.05) is 19.2 Å². The second-order valence-electron chi connectivity index (χ2n) is 1.82. The summed E-state index contributed by atoms with van der Waals surface area (Å²) < 4.78 is 4.91. The average Bonchev–Trinajstić information content (AvgIpc) is 2.05. The van der Waals surface area contributed by atoms with Crippen molar-refractivity contribution in [3.63, 3.8) is 0 Å². The van der Waals surface area contributed by atoms with Crippen molar-refractivity contribution in [2.24, 2.45) is 0 Å². The van der Waals surface area contributed by atoms with Gasteiger partial charge in [0.05, 0.1) is 7.11 Å². The molecule has 0 aliphatic carbocycles. The minimum Gasteiger partial charge on any atom is -0.481 e.